The Hall–Kier alpha value is -3.60. The molecule has 8 heteroatoms. The Labute approximate surface area is 137 Å². The number of nitrogens with zero attached hydrogens (tertiary/aromatic N) is 2. The molecule has 0 aliphatic carbocycles. The Morgan fingerprint density at radius 2 is 2.17 bits per heavy atom. The number of furan rings is 1. The van der Waals surface area contributed by atoms with E-state index in [4.69, 9.17) is 14.4 Å². The number of methoxy groups -OCH3 is 1. The third kappa shape index (κ3) is 3.41. The van der Waals surface area contributed by atoms with Crippen LogP contribution in [0.4, 0.5) is 5.69 Å². The van der Waals surface area contributed by atoms with Crippen molar-refractivity contribution in [1.29, 1.82) is 5.26 Å². The Kier molecular flexibility index (Phi) is 4.96. The molecule has 0 bridgehead atoms. The van der Waals surface area contributed by atoms with Crippen molar-refractivity contribution in [2.45, 2.75) is 0 Å². The molecule has 0 spiro atoms. The maximum atomic E-state index is 11.5. The van der Waals surface area contributed by atoms with Gasteiger partial charge in [0.1, 0.15) is 28.9 Å². The van der Waals surface area contributed by atoms with Crippen molar-refractivity contribution < 1.29 is 18.9 Å². The van der Waals surface area contributed by atoms with Crippen molar-refractivity contribution in [3.8, 4) is 23.1 Å². The summed E-state index contributed by atoms with van der Waals surface area (Å²) >= 11 is 0. The zero-order valence-corrected chi connectivity index (χ0v) is 12.9. The molecule has 1 amide bonds. The minimum absolute atomic E-state index is 0.109. The summed E-state index contributed by atoms with van der Waals surface area (Å²) in [6.07, 6.45) is 1.28. The Balaban J connectivity index is 2.46. The first-order chi connectivity index (χ1) is 11.5. The lowest BCUT2D eigenvalue weighted by molar-refractivity contribution is -0.384. The first-order valence-corrected chi connectivity index (χ1v) is 6.76. The van der Waals surface area contributed by atoms with Crippen molar-refractivity contribution in [1.82, 2.24) is 5.32 Å². The molecule has 8 nitrogen and oxygen atoms in total. The number of nitriles is 1. The molecule has 1 N–H and O–H groups in total. The van der Waals surface area contributed by atoms with Gasteiger partial charge in [0.05, 0.1) is 17.6 Å². The van der Waals surface area contributed by atoms with Gasteiger partial charge in [-0.3, -0.25) is 14.9 Å². The van der Waals surface area contributed by atoms with E-state index >= 15 is 0 Å². The highest BCUT2D eigenvalue weighted by atomic mass is 16.6. The molecule has 24 heavy (non-hydrogen) atoms. The summed E-state index contributed by atoms with van der Waals surface area (Å²) in [4.78, 5) is 21.9. The van der Waals surface area contributed by atoms with Gasteiger partial charge >= 0.3 is 0 Å². The van der Waals surface area contributed by atoms with E-state index in [-0.39, 0.29) is 17.0 Å². The number of carbonyl (C=O) groups is 1. The molecule has 0 aliphatic rings. The van der Waals surface area contributed by atoms with Gasteiger partial charge in [-0.2, -0.15) is 5.26 Å². The maximum Gasteiger partial charge on any atom is 0.270 e. The highest BCUT2D eigenvalue weighted by molar-refractivity contribution is 6.01. The lowest BCUT2D eigenvalue weighted by Gasteiger charge is -2.05. The molecule has 1 aromatic heterocycles. The number of hydrogen-bond acceptors (Lipinski definition) is 6. The number of non-ortho nitro benzene ring substituents is 1. The minimum Gasteiger partial charge on any atom is -0.496 e. The average molecular weight is 327 g/mol. The van der Waals surface area contributed by atoms with E-state index in [0.717, 1.165) is 0 Å². The SMILES string of the molecule is CNC(=O)/C(C#N)=C\c1ccc(-c2cc([N+](=O)[O-])ccc2OC)o1. The summed E-state index contributed by atoms with van der Waals surface area (Å²) in [5.74, 6) is 0.440. The van der Waals surface area contributed by atoms with E-state index in [2.05, 4.69) is 5.32 Å². The second-order valence-corrected chi connectivity index (χ2v) is 4.59. The van der Waals surface area contributed by atoms with Crippen molar-refractivity contribution in [3.63, 3.8) is 0 Å². The minimum atomic E-state index is -0.539. The van der Waals surface area contributed by atoms with Gasteiger partial charge in [0.2, 0.25) is 0 Å². The number of rotatable bonds is 5. The molecule has 0 atom stereocenters. The number of hydrogen-bond donors (Lipinski definition) is 1. The van der Waals surface area contributed by atoms with Crippen LogP contribution in [0.3, 0.4) is 0 Å². The van der Waals surface area contributed by atoms with E-state index in [9.17, 15) is 14.9 Å². The number of amides is 1. The van der Waals surface area contributed by atoms with Crippen LogP contribution >= 0.6 is 0 Å². The normalized spacial score (nSPS) is 10.8. The molecule has 0 unspecified atom stereocenters. The number of carbonyl (C=O) groups excluding carboxylic acids is 1. The molecule has 2 aromatic rings. The van der Waals surface area contributed by atoms with Gasteiger partial charge in [-0.25, -0.2) is 0 Å². The topological polar surface area (TPSA) is 118 Å². The van der Waals surface area contributed by atoms with E-state index in [0.29, 0.717) is 17.1 Å². The molecule has 1 aromatic carbocycles. The highest BCUT2D eigenvalue weighted by Crippen LogP contribution is 2.34. The lowest BCUT2D eigenvalue weighted by atomic mass is 10.1. The molecular weight excluding hydrogens is 314 g/mol. The van der Waals surface area contributed by atoms with Gasteiger partial charge in [0, 0.05) is 25.3 Å². The van der Waals surface area contributed by atoms with E-state index in [1.165, 1.54) is 38.4 Å². The third-order valence-corrected chi connectivity index (χ3v) is 3.16. The summed E-state index contributed by atoms with van der Waals surface area (Å²) in [6, 6.07) is 9.02. The second kappa shape index (κ2) is 7.11. The number of ether oxygens (including phenoxy) is 1. The largest absolute Gasteiger partial charge is 0.496 e. The van der Waals surface area contributed by atoms with Crippen LogP contribution in [0, 0.1) is 21.4 Å². The van der Waals surface area contributed by atoms with Crippen molar-refractivity contribution in [3.05, 3.63) is 51.8 Å². The van der Waals surface area contributed by atoms with Gasteiger partial charge in [-0.05, 0) is 18.2 Å². The Morgan fingerprint density at radius 3 is 2.75 bits per heavy atom. The molecule has 2 rings (SSSR count). The van der Waals surface area contributed by atoms with Crippen molar-refractivity contribution in [2.24, 2.45) is 0 Å². The fourth-order valence-corrected chi connectivity index (χ4v) is 2.00. The van der Waals surface area contributed by atoms with Crippen LogP contribution < -0.4 is 10.1 Å². The summed E-state index contributed by atoms with van der Waals surface area (Å²) in [6.45, 7) is 0. The monoisotopic (exact) mass is 327 g/mol. The standard InChI is InChI=1S/C16H13N3O5/c1-18-16(20)10(9-17)7-12-4-6-15(24-12)13-8-11(19(21)22)3-5-14(13)23-2/h3-8H,1-2H3,(H,18,20)/b10-7-. The zero-order valence-electron chi connectivity index (χ0n) is 12.9. The first kappa shape index (κ1) is 16.8. The van der Waals surface area contributed by atoms with Gasteiger partial charge in [0.25, 0.3) is 11.6 Å². The van der Waals surface area contributed by atoms with Crippen LogP contribution in [0.25, 0.3) is 17.4 Å². The van der Waals surface area contributed by atoms with Crippen LogP contribution in [-0.4, -0.2) is 25.0 Å². The fourth-order valence-electron chi connectivity index (χ4n) is 2.00. The zero-order chi connectivity index (χ0) is 17.7. The number of nitro groups is 1. The molecule has 0 aliphatic heterocycles. The molecule has 0 saturated carbocycles. The molecule has 0 saturated heterocycles. The van der Waals surface area contributed by atoms with Crippen LogP contribution in [0.2, 0.25) is 0 Å². The van der Waals surface area contributed by atoms with Gasteiger partial charge in [-0.1, -0.05) is 0 Å². The van der Waals surface area contributed by atoms with Gasteiger partial charge in [-0.15, -0.1) is 0 Å². The smallest absolute Gasteiger partial charge is 0.270 e. The fraction of sp³-hybridized carbons (Fsp3) is 0.125. The van der Waals surface area contributed by atoms with Gasteiger partial charge < -0.3 is 14.5 Å². The predicted octanol–water partition coefficient (Wildman–Crippen LogP) is 2.52. The summed E-state index contributed by atoms with van der Waals surface area (Å²) in [7, 11) is 2.85. The van der Waals surface area contributed by atoms with Crippen molar-refractivity contribution in [2.75, 3.05) is 14.2 Å². The number of nitrogens with one attached hydrogen (secondary N) is 1. The molecule has 0 fully saturated rings. The number of likely N-dealkylation sites (N-methyl/N-ethyl adjacent to an activating group) is 1. The third-order valence-electron chi connectivity index (χ3n) is 3.16. The first-order valence-electron chi connectivity index (χ1n) is 6.76. The predicted molar refractivity (Wildman–Crippen MR) is 85.0 cm³/mol. The molecular formula is C16H13N3O5. The average Bonchev–Trinajstić information content (AvgIpc) is 3.06. The molecule has 1 heterocycles. The van der Waals surface area contributed by atoms with E-state index in [1.807, 2.05) is 0 Å². The van der Waals surface area contributed by atoms with Crippen LogP contribution in [-0.2, 0) is 4.79 Å². The summed E-state index contributed by atoms with van der Waals surface area (Å²) in [5, 5.41) is 22.2. The van der Waals surface area contributed by atoms with E-state index in [1.54, 1.807) is 18.2 Å². The number of benzene rings is 1. The lowest BCUT2D eigenvalue weighted by Crippen LogP contribution is -2.18. The highest BCUT2D eigenvalue weighted by Gasteiger charge is 2.16. The maximum absolute atomic E-state index is 11.5. The quantitative estimate of drug-likeness (QED) is 0.390. The second-order valence-electron chi connectivity index (χ2n) is 4.59. The Bertz CT molecular complexity index is 861. The number of nitro benzene ring substituents is 1. The van der Waals surface area contributed by atoms with E-state index < -0.39 is 10.8 Å². The Morgan fingerprint density at radius 1 is 1.42 bits per heavy atom. The van der Waals surface area contributed by atoms with Crippen LogP contribution in [0.5, 0.6) is 5.75 Å². The molecule has 122 valence electrons. The molecule has 0 radical (unpaired) electrons. The summed E-state index contributed by atoms with van der Waals surface area (Å²) < 4.78 is 10.8. The summed E-state index contributed by atoms with van der Waals surface area (Å²) in [5.41, 5.74) is 0.163. The van der Waals surface area contributed by atoms with Crippen molar-refractivity contribution >= 4 is 17.7 Å². The van der Waals surface area contributed by atoms with Crippen LogP contribution in [0.15, 0.2) is 40.3 Å². The van der Waals surface area contributed by atoms with Gasteiger partial charge in [0.15, 0.2) is 0 Å². The van der Waals surface area contributed by atoms with Crippen LogP contribution in [0.1, 0.15) is 5.76 Å².